The number of carbonyl (C=O) groups is 1. The van der Waals surface area contributed by atoms with Crippen molar-refractivity contribution in [1.29, 1.82) is 0 Å². The second kappa shape index (κ2) is 7.82. The lowest BCUT2D eigenvalue weighted by atomic mass is 9.76. The molecular formula is C20H25ClN2O. The van der Waals surface area contributed by atoms with Gasteiger partial charge in [0.15, 0.2) is 0 Å². The molecule has 4 heteroatoms. The van der Waals surface area contributed by atoms with E-state index in [2.05, 4.69) is 31.2 Å². The predicted octanol–water partition coefficient (Wildman–Crippen LogP) is 3.69. The quantitative estimate of drug-likeness (QED) is 0.923. The molecule has 0 bridgehead atoms. The number of halogens is 1. The smallest absolute Gasteiger partial charge is 0.244 e. The Morgan fingerprint density at radius 3 is 2.29 bits per heavy atom. The number of hydrogen-bond acceptors (Lipinski definition) is 2. The number of likely N-dealkylation sites (tertiary alicyclic amines) is 1. The van der Waals surface area contributed by atoms with Gasteiger partial charge in [0.1, 0.15) is 6.04 Å². The van der Waals surface area contributed by atoms with E-state index in [1.807, 2.05) is 41.3 Å². The molecule has 0 aliphatic carbocycles. The Balaban J connectivity index is 0.00000208. The van der Waals surface area contributed by atoms with E-state index >= 15 is 0 Å². The van der Waals surface area contributed by atoms with Crippen molar-refractivity contribution >= 4 is 18.3 Å². The summed E-state index contributed by atoms with van der Waals surface area (Å²) in [5, 5.41) is 0. The molecule has 1 aliphatic rings. The summed E-state index contributed by atoms with van der Waals surface area (Å²) in [6.45, 7) is 3.77. The van der Waals surface area contributed by atoms with Crippen molar-refractivity contribution in [3.63, 3.8) is 0 Å². The fourth-order valence-corrected chi connectivity index (χ4v) is 3.50. The highest BCUT2D eigenvalue weighted by molar-refractivity contribution is 5.85. The maximum atomic E-state index is 12.8. The normalized spacial score (nSPS) is 21.7. The third kappa shape index (κ3) is 3.80. The minimum absolute atomic E-state index is 0. The topological polar surface area (TPSA) is 46.3 Å². The standard InChI is InChI=1S/C20H24N2O.ClH/c1-20(17-11-6-3-7-12-17)13-8-14-22(15-20)19(23)18(21)16-9-4-2-5-10-16;/h2-7,9-12,18H,8,13-15,21H2,1H3;1H. The van der Waals surface area contributed by atoms with Gasteiger partial charge >= 0.3 is 0 Å². The number of carbonyl (C=O) groups excluding carboxylic acids is 1. The first-order chi connectivity index (χ1) is 11.1. The van der Waals surface area contributed by atoms with Crippen LogP contribution >= 0.6 is 12.4 Å². The van der Waals surface area contributed by atoms with Crippen LogP contribution in [0.1, 0.15) is 36.9 Å². The minimum atomic E-state index is -0.575. The largest absolute Gasteiger partial charge is 0.340 e. The Kier molecular flexibility index (Phi) is 6.03. The molecule has 1 heterocycles. The summed E-state index contributed by atoms with van der Waals surface area (Å²) in [6, 6.07) is 19.5. The van der Waals surface area contributed by atoms with Crippen molar-refractivity contribution in [2.24, 2.45) is 5.73 Å². The maximum absolute atomic E-state index is 12.8. The van der Waals surface area contributed by atoms with Gasteiger partial charge in [-0.1, -0.05) is 67.6 Å². The average molecular weight is 345 g/mol. The molecule has 0 saturated carbocycles. The highest BCUT2D eigenvalue weighted by atomic mass is 35.5. The molecule has 2 N–H and O–H groups in total. The van der Waals surface area contributed by atoms with Gasteiger partial charge in [-0.3, -0.25) is 4.79 Å². The zero-order valence-electron chi connectivity index (χ0n) is 14.0. The van der Waals surface area contributed by atoms with Crippen LogP contribution in [0.4, 0.5) is 0 Å². The van der Waals surface area contributed by atoms with Crippen LogP contribution in [-0.2, 0) is 10.2 Å². The Hall–Kier alpha value is -1.84. The summed E-state index contributed by atoms with van der Waals surface area (Å²) in [6.07, 6.45) is 2.11. The van der Waals surface area contributed by atoms with Crippen molar-refractivity contribution in [3.8, 4) is 0 Å². The second-order valence-electron chi connectivity index (χ2n) is 6.68. The van der Waals surface area contributed by atoms with Crippen molar-refractivity contribution in [2.45, 2.75) is 31.2 Å². The van der Waals surface area contributed by atoms with E-state index in [0.29, 0.717) is 0 Å². The fourth-order valence-electron chi connectivity index (χ4n) is 3.50. The lowest BCUT2D eigenvalue weighted by molar-refractivity contribution is -0.134. The van der Waals surface area contributed by atoms with Crippen LogP contribution in [0.2, 0.25) is 0 Å². The van der Waals surface area contributed by atoms with Crippen LogP contribution in [-0.4, -0.2) is 23.9 Å². The highest BCUT2D eigenvalue weighted by Gasteiger charge is 2.36. The number of rotatable bonds is 3. The van der Waals surface area contributed by atoms with E-state index < -0.39 is 6.04 Å². The predicted molar refractivity (Wildman–Crippen MR) is 100 cm³/mol. The number of nitrogens with zero attached hydrogens (tertiary/aromatic N) is 1. The summed E-state index contributed by atoms with van der Waals surface area (Å²) in [5.41, 5.74) is 8.39. The molecule has 2 atom stereocenters. The molecule has 3 nitrogen and oxygen atoms in total. The molecule has 2 unspecified atom stereocenters. The molecule has 128 valence electrons. The molecular weight excluding hydrogens is 320 g/mol. The summed E-state index contributed by atoms with van der Waals surface area (Å²) >= 11 is 0. The SMILES string of the molecule is CC1(c2ccccc2)CCCN(C(=O)C(N)c2ccccc2)C1.Cl. The van der Waals surface area contributed by atoms with Crippen LogP contribution < -0.4 is 5.73 Å². The Morgan fingerprint density at radius 1 is 1.08 bits per heavy atom. The van der Waals surface area contributed by atoms with Crippen LogP contribution in [0.3, 0.4) is 0 Å². The van der Waals surface area contributed by atoms with E-state index in [4.69, 9.17) is 5.73 Å². The molecule has 0 spiro atoms. The first-order valence-corrected chi connectivity index (χ1v) is 8.25. The van der Waals surface area contributed by atoms with Crippen molar-refractivity contribution in [3.05, 3.63) is 71.8 Å². The zero-order chi connectivity index (χ0) is 16.3. The van der Waals surface area contributed by atoms with Gasteiger partial charge in [0, 0.05) is 18.5 Å². The van der Waals surface area contributed by atoms with E-state index in [-0.39, 0.29) is 23.7 Å². The molecule has 2 aromatic rings. The molecule has 0 aromatic heterocycles. The van der Waals surface area contributed by atoms with Gasteiger partial charge < -0.3 is 10.6 Å². The van der Waals surface area contributed by atoms with Crippen molar-refractivity contribution < 1.29 is 4.79 Å². The molecule has 0 radical (unpaired) electrons. The zero-order valence-corrected chi connectivity index (χ0v) is 14.8. The summed E-state index contributed by atoms with van der Waals surface area (Å²) in [5.74, 6) is 0.0260. The Morgan fingerprint density at radius 2 is 1.67 bits per heavy atom. The molecule has 1 fully saturated rings. The van der Waals surface area contributed by atoms with Crippen LogP contribution in [0.15, 0.2) is 60.7 Å². The number of hydrogen-bond donors (Lipinski definition) is 1. The number of nitrogens with two attached hydrogens (primary N) is 1. The average Bonchev–Trinajstić information content (AvgIpc) is 2.62. The molecule has 1 aliphatic heterocycles. The number of benzene rings is 2. The van der Waals surface area contributed by atoms with Crippen molar-refractivity contribution in [2.75, 3.05) is 13.1 Å². The molecule has 1 saturated heterocycles. The third-order valence-electron chi connectivity index (χ3n) is 4.90. The summed E-state index contributed by atoms with van der Waals surface area (Å²) < 4.78 is 0. The first-order valence-electron chi connectivity index (χ1n) is 8.25. The van der Waals surface area contributed by atoms with Crippen LogP contribution in [0, 0.1) is 0 Å². The summed E-state index contributed by atoms with van der Waals surface area (Å²) in [4.78, 5) is 14.8. The van der Waals surface area contributed by atoms with E-state index in [9.17, 15) is 4.79 Å². The minimum Gasteiger partial charge on any atom is -0.340 e. The van der Waals surface area contributed by atoms with Gasteiger partial charge in [0.05, 0.1) is 0 Å². The van der Waals surface area contributed by atoms with Crippen LogP contribution in [0.5, 0.6) is 0 Å². The highest BCUT2D eigenvalue weighted by Crippen LogP contribution is 2.34. The third-order valence-corrected chi connectivity index (χ3v) is 4.90. The van der Waals surface area contributed by atoms with E-state index in [1.54, 1.807) is 0 Å². The van der Waals surface area contributed by atoms with Gasteiger partial charge in [-0.2, -0.15) is 0 Å². The lowest BCUT2D eigenvalue weighted by Crippen LogP contribution is -2.49. The van der Waals surface area contributed by atoms with Gasteiger partial charge in [-0.15, -0.1) is 12.4 Å². The number of amides is 1. The van der Waals surface area contributed by atoms with Crippen molar-refractivity contribution in [1.82, 2.24) is 4.90 Å². The van der Waals surface area contributed by atoms with Crippen LogP contribution in [0.25, 0.3) is 0 Å². The van der Waals surface area contributed by atoms with Gasteiger partial charge in [-0.25, -0.2) is 0 Å². The monoisotopic (exact) mass is 344 g/mol. The summed E-state index contributed by atoms with van der Waals surface area (Å²) in [7, 11) is 0. The van der Waals surface area contributed by atoms with E-state index in [0.717, 1.165) is 31.5 Å². The molecule has 24 heavy (non-hydrogen) atoms. The Labute approximate surface area is 150 Å². The molecule has 3 rings (SSSR count). The van der Waals surface area contributed by atoms with Gasteiger partial charge in [0.25, 0.3) is 0 Å². The molecule has 2 aromatic carbocycles. The first kappa shape index (κ1) is 18.5. The Bertz CT molecular complexity index is 662. The van der Waals surface area contributed by atoms with Gasteiger partial charge in [0.2, 0.25) is 5.91 Å². The molecule has 1 amide bonds. The fraction of sp³-hybridized carbons (Fsp3) is 0.350. The second-order valence-corrected chi connectivity index (χ2v) is 6.68. The number of piperidine rings is 1. The maximum Gasteiger partial charge on any atom is 0.244 e. The lowest BCUT2D eigenvalue weighted by Gasteiger charge is -2.41. The van der Waals surface area contributed by atoms with E-state index in [1.165, 1.54) is 5.56 Å². The van der Waals surface area contributed by atoms with Gasteiger partial charge in [-0.05, 0) is 24.0 Å².